The fraction of sp³-hybridized carbons (Fsp3) is 0.182. The van der Waals surface area contributed by atoms with Crippen LogP contribution < -0.4 is 10.5 Å². The van der Waals surface area contributed by atoms with Gasteiger partial charge in [0.15, 0.2) is 0 Å². The Morgan fingerprint density at radius 1 is 1.50 bits per heavy atom. The van der Waals surface area contributed by atoms with Crippen LogP contribution in [0.2, 0.25) is 0 Å². The van der Waals surface area contributed by atoms with Crippen LogP contribution in [-0.4, -0.2) is 14.3 Å². The lowest BCUT2D eigenvalue weighted by molar-refractivity contribution is -0.116. The molecule has 7 heteroatoms. The van der Waals surface area contributed by atoms with Gasteiger partial charge in [-0.25, -0.2) is 13.6 Å². The summed E-state index contributed by atoms with van der Waals surface area (Å²) in [7, 11) is -3.75. The zero-order valence-corrected chi connectivity index (χ0v) is 11.7. The van der Waals surface area contributed by atoms with Crippen LogP contribution in [0, 0.1) is 12.3 Å². The Morgan fingerprint density at radius 2 is 2.17 bits per heavy atom. The van der Waals surface area contributed by atoms with E-state index in [2.05, 4.69) is 27.2 Å². The Morgan fingerprint density at radius 3 is 2.67 bits per heavy atom. The zero-order chi connectivity index (χ0) is 13.8. The molecule has 0 atom stereocenters. The predicted octanol–water partition coefficient (Wildman–Crippen LogP) is 1.45. The molecule has 3 N–H and O–H groups in total. The molecule has 0 heterocycles. The summed E-state index contributed by atoms with van der Waals surface area (Å²) in [6.45, 7) is 0. The van der Waals surface area contributed by atoms with Crippen LogP contribution in [0.25, 0.3) is 0 Å². The lowest BCUT2D eigenvalue weighted by atomic mass is 10.2. The quantitative estimate of drug-likeness (QED) is 0.819. The summed E-state index contributed by atoms with van der Waals surface area (Å²) in [5, 5.41) is 7.59. The number of halogens is 1. The SMILES string of the molecule is C#CCCC(=O)Nc1ccc(S(N)(=O)=O)cc1Br. The van der Waals surface area contributed by atoms with Crippen LogP contribution in [-0.2, 0) is 14.8 Å². The molecule has 1 aromatic rings. The third-order valence-corrected chi connectivity index (χ3v) is 3.61. The number of hydrogen-bond acceptors (Lipinski definition) is 3. The van der Waals surface area contributed by atoms with Gasteiger partial charge in [-0.15, -0.1) is 12.3 Å². The molecule has 1 rings (SSSR count). The number of rotatable bonds is 4. The number of carbonyl (C=O) groups excluding carboxylic acids is 1. The third-order valence-electron chi connectivity index (χ3n) is 2.04. The van der Waals surface area contributed by atoms with Gasteiger partial charge in [-0.2, -0.15) is 0 Å². The molecule has 0 unspecified atom stereocenters. The number of primary sulfonamides is 1. The molecule has 0 saturated carbocycles. The topological polar surface area (TPSA) is 89.3 Å². The maximum atomic E-state index is 11.4. The highest BCUT2D eigenvalue weighted by Crippen LogP contribution is 2.25. The van der Waals surface area contributed by atoms with E-state index in [0.717, 1.165) is 0 Å². The lowest BCUT2D eigenvalue weighted by Gasteiger charge is -2.07. The third kappa shape index (κ3) is 4.14. The average Bonchev–Trinajstić information content (AvgIpc) is 2.27. The second-order valence-electron chi connectivity index (χ2n) is 3.44. The number of anilines is 1. The fourth-order valence-electron chi connectivity index (χ4n) is 1.17. The van der Waals surface area contributed by atoms with Crippen LogP contribution in [0.15, 0.2) is 27.6 Å². The summed E-state index contributed by atoms with van der Waals surface area (Å²) >= 11 is 3.16. The van der Waals surface area contributed by atoms with Gasteiger partial charge < -0.3 is 5.32 Å². The molecule has 5 nitrogen and oxygen atoms in total. The first-order valence-corrected chi connectivity index (χ1v) is 7.24. The van der Waals surface area contributed by atoms with Crippen LogP contribution >= 0.6 is 15.9 Å². The second kappa shape index (κ2) is 6.00. The van der Waals surface area contributed by atoms with E-state index in [-0.39, 0.29) is 17.2 Å². The zero-order valence-electron chi connectivity index (χ0n) is 9.31. The second-order valence-corrected chi connectivity index (χ2v) is 5.85. The Bertz CT molecular complexity index is 605. The van der Waals surface area contributed by atoms with Gasteiger partial charge in [0.25, 0.3) is 0 Å². The van der Waals surface area contributed by atoms with E-state index in [0.29, 0.717) is 16.6 Å². The maximum Gasteiger partial charge on any atom is 0.238 e. The van der Waals surface area contributed by atoms with E-state index < -0.39 is 10.0 Å². The maximum absolute atomic E-state index is 11.4. The molecule has 1 aromatic carbocycles. The number of amides is 1. The van der Waals surface area contributed by atoms with Gasteiger partial charge in [0.2, 0.25) is 15.9 Å². The van der Waals surface area contributed by atoms with Crippen LogP contribution in [0.3, 0.4) is 0 Å². The number of hydrogen-bond donors (Lipinski definition) is 2. The molecule has 0 aromatic heterocycles. The molecular weight excluding hydrogens is 320 g/mol. The summed E-state index contributed by atoms with van der Waals surface area (Å²) in [5.41, 5.74) is 0.462. The van der Waals surface area contributed by atoms with E-state index in [1.807, 2.05) is 0 Å². The normalized spacial score (nSPS) is 10.7. The van der Waals surface area contributed by atoms with E-state index in [1.165, 1.54) is 18.2 Å². The first kappa shape index (κ1) is 14.7. The van der Waals surface area contributed by atoms with E-state index in [4.69, 9.17) is 11.6 Å². The molecule has 0 fully saturated rings. The number of sulfonamides is 1. The first-order valence-electron chi connectivity index (χ1n) is 4.90. The van der Waals surface area contributed by atoms with Gasteiger partial charge in [0.1, 0.15) is 0 Å². The minimum absolute atomic E-state index is 0.0315. The van der Waals surface area contributed by atoms with Crippen LogP contribution in [0.1, 0.15) is 12.8 Å². The van der Waals surface area contributed by atoms with Crippen molar-refractivity contribution in [1.82, 2.24) is 0 Å². The minimum atomic E-state index is -3.75. The minimum Gasteiger partial charge on any atom is -0.325 e. The molecule has 0 aliphatic heterocycles. The number of nitrogens with two attached hydrogens (primary N) is 1. The van der Waals surface area contributed by atoms with Gasteiger partial charge in [0.05, 0.1) is 10.6 Å². The van der Waals surface area contributed by atoms with Gasteiger partial charge in [-0.05, 0) is 34.1 Å². The molecule has 0 spiro atoms. The van der Waals surface area contributed by atoms with Crippen molar-refractivity contribution in [2.75, 3.05) is 5.32 Å². The van der Waals surface area contributed by atoms with Crippen molar-refractivity contribution < 1.29 is 13.2 Å². The van der Waals surface area contributed by atoms with Gasteiger partial charge in [-0.3, -0.25) is 4.79 Å². The molecule has 0 saturated heterocycles. The van der Waals surface area contributed by atoms with E-state index >= 15 is 0 Å². The highest BCUT2D eigenvalue weighted by atomic mass is 79.9. The Balaban J connectivity index is 2.88. The highest BCUT2D eigenvalue weighted by Gasteiger charge is 2.11. The molecule has 1 amide bonds. The average molecular weight is 331 g/mol. The smallest absolute Gasteiger partial charge is 0.238 e. The molecule has 0 aliphatic carbocycles. The van der Waals surface area contributed by atoms with E-state index in [9.17, 15) is 13.2 Å². The standard InChI is InChI=1S/C11H11BrN2O3S/c1-2-3-4-11(15)14-10-6-5-8(7-9(10)12)18(13,16)17/h1,5-7H,3-4H2,(H,14,15)(H2,13,16,17). The van der Waals surface area contributed by atoms with Crippen molar-refractivity contribution in [2.24, 2.45) is 5.14 Å². The summed E-state index contributed by atoms with van der Waals surface area (Å²) in [5.74, 6) is 2.12. The number of benzene rings is 1. The van der Waals surface area contributed by atoms with Crippen molar-refractivity contribution in [3.63, 3.8) is 0 Å². The highest BCUT2D eigenvalue weighted by molar-refractivity contribution is 9.10. The van der Waals surface area contributed by atoms with Crippen LogP contribution in [0.4, 0.5) is 5.69 Å². The summed E-state index contributed by atoms with van der Waals surface area (Å²) in [6.07, 6.45) is 5.60. The summed E-state index contributed by atoms with van der Waals surface area (Å²) < 4.78 is 22.6. The van der Waals surface area contributed by atoms with Crippen LogP contribution in [0.5, 0.6) is 0 Å². The van der Waals surface area contributed by atoms with Crippen molar-refractivity contribution in [3.8, 4) is 12.3 Å². The number of nitrogens with one attached hydrogen (secondary N) is 1. The van der Waals surface area contributed by atoms with Gasteiger partial charge >= 0.3 is 0 Å². The largest absolute Gasteiger partial charge is 0.325 e. The summed E-state index contributed by atoms with van der Waals surface area (Å²) in [4.78, 5) is 11.4. The monoisotopic (exact) mass is 330 g/mol. The number of carbonyl (C=O) groups is 1. The van der Waals surface area contributed by atoms with Crippen molar-refractivity contribution in [2.45, 2.75) is 17.7 Å². The Kier molecular flexibility index (Phi) is 4.90. The molecule has 96 valence electrons. The lowest BCUT2D eigenvalue weighted by Crippen LogP contribution is -2.14. The summed E-state index contributed by atoms with van der Waals surface area (Å²) in [6, 6.07) is 4.10. The fourth-order valence-corrected chi connectivity index (χ4v) is 2.34. The number of terminal acetylenes is 1. The molecule has 18 heavy (non-hydrogen) atoms. The van der Waals surface area contributed by atoms with Gasteiger partial charge in [-0.1, -0.05) is 0 Å². The van der Waals surface area contributed by atoms with E-state index in [1.54, 1.807) is 0 Å². The Hall–Kier alpha value is -1.36. The molecular formula is C11H11BrN2O3S. The molecule has 0 bridgehead atoms. The van der Waals surface area contributed by atoms with Crippen molar-refractivity contribution in [1.29, 1.82) is 0 Å². The first-order chi connectivity index (χ1) is 8.34. The molecule has 0 radical (unpaired) electrons. The van der Waals surface area contributed by atoms with Gasteiger partial charge in [0, 0.05) is 17.3 Å². The van der Waals surface area contributed by atoms with Crippen molar-refractivity contribution in [3.05, 3.63) is 22.7 Å². The Labute approximate surface area is 114 Å². The predicted molar refractivity (Wildman–Crippen MR) is 72.2 cm³/mol. The molecule has 0 aliphatic rings. The van der Waals surface area contributed by atoms with Crippen molar-refractivity contribution >= 4 is 37.5 Å².